The second-order valence-electron chi connectivity index (χ2n) is 7.24. The molecule has 0 saturated heterocycles. The second-order valence-corrected chi connectivity index (χ2v) is 7.24. The molecule has 0 fully saturated rings. The van der Waals surface area contributed by atoms with Crippen LogP contribution in [0.3, 0.4) is 0 Å². The quantitative estimate of drug-likeness (QED) is 0.381. The van der Waals surface area contributed by atoms with Crippen molar-refractivity contribution in [3.05, 3.63) is 84.0 Å². The fourth-order valence-electron chi connectivity index (χ4n) is 3.74. The minimum Gasteiger partial charge on any atom is -0.361 e. The lowest BCUT2D eigenvalue weighted by atomic mass is 10.0. The summed E-state index contributed by atoms with van der Waals surface area (Å²) in [5.74, 6) is 1.65. The van der Waals surface area contributed by atoms with E-state index in [1.165, 1.54) is 17.6 Å². The fourth-order valence-corrected chi connectivity index (χ4v) is 3.74. The number of aryl methyl sites for hydroxylation is 4. The maximum atomic E-state index is 12.7. The Morgan fingerprint density at radius 2 is 1.87 bits per heavy atom. The lowest BCUT2D eigenvalue weighted by Crippen LogP contribution is -1.95. The van der Waals surface area contributed by atoms with Crippen LogP contribution < -0.4 is 0 Å². The van der Waals surface area contributed by atoms with Gasteiger partial charge in [-0.25, -0.2) is 14.1 Å². The number of aromatic nitrogens is 5. The Kier molecular flexibility index (Phi) is 5.66. The van der Waals surface area contributed by atoms with Gasteiger partial charge in [0.2, 0.25) is 0 Å². The van der Waals surface area contributed by atoms with E-state index in [0.29, 0.717) is 0 Å². The van der Waals surface area contributed by atoms with E-state index >= 15 is 0 Å². The molecule has 0 atom stereocenters. The zero-order chi connectivity index (χ0) is 22.0. The molecule has 0 aliphatic rings. The van der Waals surface area contributed by atoms with Gasteiger partial charge >= 0.3 is 0 Å². The average Bonchev–Trinajstić information content (AvgIpc) is 3.47. The lowest BCUT2D eigenvalue weighted by Gasteiger charge is -2.03. The van der Waals surface area contributed by atoms with Crippen molar-refractivity contribution in [3.63, 3.8) is 0 Å². The number of benzene rings is 2. The van der Waals surface area contributed by atoms with E-state index in [1.807, 2.05) is 20.8 Å². The molecule has 0 saturated carbocycles. The van der Waals surface area contributed by atoms with E-state index < -0.39 is 0 Å². The van der Waals surface area contributed by atoms with Gasteiger partial charge < -0.3 is 9.09 Å². The lowest BCUT2D eigenvalue weighted by molar-refractivity contribution is 0.393. The standard InChI is InChI=1S/C15H17N3O.C9H7FN2/c1-5-18-11(4)16-13-8-12(6-7-14(13)18)15-9(2)17-19-10(15)3;10-8-3-1-4-9(7-8)12-6-2-5-11-12/h6-8H,5H2,1-4H3;1-7H. The van der Waals surface area contributed by atoms with E-state index in [9.17, 15) is 4.39 Å². The topological polar surface area (TPSA) is 61.7 Å². The summed E-state index contributed by atoms with van der Waals surface area (Å²) >= 11 is 0. The van der Waals surface area contributed by atoms with Gasteiger partial charge in [0.25, 0.3) is 0 Å². The molecule has 3 heterocycles. The first-order valence-electron chi connectivity index (χ1n) is 10.1. The number of halogens is 1. The molecule has 0 amide bonds. The normalized spacial score (nSPS) is 10.9. The summed E-state index contributed by atoms with van der Waals surface area (Å²) in [6, 6.07) is 14.5. The van der Waals surface area contributed by atoms with Crippen molar-refractivity contribution in [2.75, 3.05) is 0 Å². The Labute approximate surface area is 179 Å². The van der Waals surface area contributed by atoms with E-state index in [4.69, 9.17) is 4.52 Å². The minimum absolute atomic E-state index is 0.247. The molecule has 0 spiro atoms. The molecule has 2 aromatic carbocycles. The second kappa shape index (κ2) is 8.55. The van der Waals surface area contributed by atoms with Crippen molar-refractivity contribution in [2.45, 2.75) is 34.2 Å². The van der Waals surface area contributed by atoms with Crippen LogP contribution in [0.2, 0.25) is 0 Å². The number of hydrogen-bond acceptors (Lipinski definition) is 4. The van der Waals surface area contributed by atoms with Gasteiger partial charge in [-0.05, 0) is 69.7 Å². The molecule has 5 rings (SSSR count). The van der Waals surface area contributed by atoms with Crippen LogP contribution in [0.4, 0.5) is 4.39 Å². The molecule has 0 radical (unpaired) electrons. The van der Waals surface area contributed by atoms with Gasteiger partial charge in [0.15, 0.2) is 0 Å². The van der Waals surface area contributed by atoms with Crippen LogP contribution in [0.15, 0.2) is 65.4 Å². The van der Waals surface area contributed by atoms with Gasteiger partial charge in [-0.2, -0.15) is 5.10 Å². The van der Waals surface area contributed by atoms with Gasteiger partial charge in [-0.1, -0.05) is 17.3 Å². The SMILES string of the molecule is CCn1c(C)nc2cc(-c3c(C)noc3C)ccc21.Fc1cccc(-n2cccn2)c1. The van der Waals surface area contributed by atoms with Crippen LogP contribution in [0.25, 0.3) is 27.8 Å². The maximum absolute atomic E-state index is 12.7. The van der Waals surface area contributed by atoms with Gasteiger partial charge in [-0.15, -0.1) is 0 Å². The number of nitrogens with zero attached hydrogens (tertiary/aromatic N) is 5. The number of rotatable bonds is 3. The molecular weight excluding hydrogens is 393 g/mol. The summed E-state index contributed by atoms with van der Waals surface area (Å²) in [4.78, 5) is 4.63. The Morgan fingerprint density at radius 1 is 1.03 bits per heavy atom. The molecule has 0 unspecified atom stereocenters. The van der Waals surface area contributed by atoms with E-state index in [0.717, 1.165) is 46.2 Å². The fraction of sp³-hybridized carbons (Fsp3) is 0.208. The summed E-state index contributed by atoms with van der Waals surface area (Å²) < 4.78 is 21.8. The predicted octanol–water partition coefficient (Wildman–Crippen LogP) is 5.65. The van der Waals surface area contributed by atoms with Crippen molar-refractivity contribution in [2.24, 2.45) is 0 Å². The third-order valence-electron chi connectivity index (χ3n) is 5.15. The van der Waals surface area contributed by atoms with Crippen molar-refractivity contribution in [3.8, 4) is 16.8 Å². The predicted molar refractivity (Wildman–Crippen MR) is 119 cm³/mol. The Hall–Kier alpha value is -3.74. The Bertz CT molecular complexity index is 1300. The summed E-state index contributed by atoms with van der Waals surface area (Å²) in [5.41, 5.74) is 6.05. The molecular formula is C24H24FN5O. The van der Waals surface area contributed by atoms with Gasteiger partial charge in [0, 0.05) is 24.5 Å². The monoisotopic (exact) mass is 417 g/mol. The number of imidazole rings is 1. The molecule has 0 bridgehead atoms. The minimum atomic E-state index is -0.247. The first-order chi connectivity index (χ1) is 15.0. The van der Waals surface area contributed by atoms with Crippen LogP contribution in [0, 0.1) is 26.6 Å². The first-order valence-corrected chi connectivity index (χ1v) is 10.1. The van der Waals surface area contributed by atoms with Crippen LogP contribution >= 0.6 is 0 Å². The molecule has 0 N–H and O–H groups in total. The smallest absolute Gasteiger partial charge is 0.141 e. The molecule has 7 heteroatoms. The van der Waals surface area contributed by atoms with Gasteiger partial charge in [-0.3, -0.25) is 0 Å². The van der Waals surface area contributed by atoms with Gasteiger partial charge in [0.05, 0.1) is 22.4 Å². The van der Waals surface area contributed by atoms with Crippen molar-refractivity contribution >= 4 is 11.0 Å². The number of hydrogen-bond donors (Lipinski definition) is 0. The largest absolute Gasteiger partial charge is 0.361 e. The zero-order valence-electron chi connectivity index (χ0n) is 18.0. The summed E-state index contributed by atoms with van der Waals surface area (Å²) in [5, 5.41) is 7.99. The van der Waals surface area contributed by atoms with Crippen LogP contribution in [-0.4, -0.2) is 24.5 Å². The van der Waals surface area contributed by atoms with E-state index in [-0.39, 0.29) is 5.82 Å². The van der Waals surface area contributed by atoms with Crippen LogP contribution in [-0.2, 0) is 6.54 Å². The molecule has 0 aliphatic heterocycles. The van der Waals surface area contributed by atoms with E-state index in [1.54, 1.807) is 35.3 Å². The van der Waals surface area contributed by atoms with Crippen molar-refractivity contribution in [1.29, 1.82) is 0 Å². The maximum Gasteiger partial charge on any atom is 0.141 e. The summed E-state index contributed by atoms with van der Waals surface area (Å²) in [6.45, 7) is 9.02. The highest BCUT2D eigenvalue weighted by molar-refractivity contribution is 5.83. The van der Waals surface area contributed by atoms with Crippen molar-refractivity contribution < 1.29 is 8.91 Å². The highest BCUT2D eigenvalue weighted by Crippen LogP contribution is 2.29. The molecule has 158 valence electrons. The van der Waals surface area contributed by atoms with E-state index in [2.05, 4.69) is 44.9 Å². The average molecular weight is 417 g/mol. The summed E-state index contributed by atoms with van der Waals surface area (Å²) in [7, 11) is 0. The van der Waals surface area contributed by atoms with Crippen molar-refractivity contribution in [1.82, 2.24) is 24.5 Å². The van der Waals surface area contributed by atoms with Crippen LogP contribution in [0.5, 0.6) is 0 Å². The summed E-state index contributed by atoms with van der Waals surface area (Å²) in [6.07, 6.45) is 3.43. The Morgan fingerprint density at radius 3 is 2.52 bits per heavy atom. The molecule has 0 aliphatic carbocycles. The van der Waals surface area contributed by atoms with Crippen LogP contribution in [0.1, 0.15) is 24.2 Å². The molecule has 6 nitrogen and oxygen atoms in total. The molecule has 31 heavy (non-hydrogen) atoms. The van der Waals surface area contributed by atoms with Gasteiger partial charge in [0.1, 0.15) is 17.4 Å². The Balaban J connectivity index is 0.000000166. The third kappa shape index (κ3) is 4.12. The molecule has 5 aromatic rings. The number of fused-ring (bicyclic) bond motifs is 1. The molecule has 3 aromatic heterocycles. The highest BCUT2D eigenvalue weighted by Gasteiger charge is 2.13. The first kappa shape index (κ1) is 20.5. The highest BCUT2D eigenvalue weighted by atomic mass is 19.1. The zero-order valence-corrected chi connectivity index (χ0v) is 18.0. The third-order valence-corrected chi connectivity index (χ3v) is 5.15.